The largest absolute Gasteiger partial charge is 0.506 e. The number of fused-ring (bicyclic) bond motifs is 1. The number of aliphatic hydroxyl groups excluding tert-OH is 1. The van der Waals surface area contributed by atoms with E-state index < -0.39 is 10.0 Å². The van der Waals surface area contributed by atoms with Gasteiger partial charge >= 0.3 is 0 Å². The predicted molar refractivity (Wildman–Crippen MR) is 125 cm³/mol. The highest BCUT2D eigenvalue weighted by atomic mass is 32.2. The van der Waals surface area contributed by atoms with Crippen LogP contribution >= 0.6 is 0 Å². The van der Waals surface area contributed by atoms with Crippen LogP contribution in [-0.2, 0) is 26.5 Å². The summed E-state index contributed by atoms with van der Waals surface area (Å²) in [6, 6.07) is 15.2. The Hall–Kier alpha value is -3.23. The van der Waals surface area contributed by atoms with Crippen LogP contribution in [0.2, 0.25) is 0 Å². The molecule has 0 aliphatic rings. The second-order valence-electron chi connectivity index (χ2n) is 7.23. The first-order valence-electron chi connectivity index (χ1n) is 10.2. The molecule has 0 aliphatic carbocycles. The quantitative estimate of drug-likeness (QED) is 0.358. The van der Waals surface area contributed by atoms with Crippen molar-refractivity contribution in [2.45, 2.75) is 4.90 Å². The van der Waals surface area contributed by atoms with Crippen molar-refractivity contribution in [1.82, 2.24) is 13.9 Å². The van der Waals surface area contributed by atoms with E-state index >= 15 is 0 Å². The van der Waals surface area contributed by atoms with E-state index in [0.717, 1.165) is 5.52 Å². The second kappa shape index (κ2) is 10.6. The topological polar surface area (TPSA) is 118 Å². The number of ether oxygens (including phenoxy) is 2. The van der Waals surface area contributed by atoms with Gasteiger partial charge in [-0.3, -0.25) is 0 Å². The number of para-hydroxylation sites is 2. The van der Waals surface area contributed by atoms with Gasteiger partial charge in [-0.15, -0.1) is 0 Å². The zero-order chi connectivity index (χ0) is 24.0. The highest BCUT2D eigenvalue weighted by Crippen LogP contribution is 2.27. The number of imidazole rings is 1. The van der Waals surface area contributed by atoms with Crippen molar-refractivity contribution in [3.63, 3.8) is 0 Å². The Morgan fingerprint density at radius 2 is 1.70 bits per heavy atom. The number of aliphatic hydroxyl groups is 1. The van der Waals surface area contributed by atoms with Crippen molar-refractivity contribution in [1.29, 1.82) is 5.26 Å². The monoisotopic (exact) mass is 470 g/mol. The van der Waals surface area contributed by atoms with Crippen LogP contribution in [0.1, 0.15) is 11.4 Å². The minimum atomic E-state index is -3.80. The number of aromatic nitrogens is 2. The number of methoxy groups -OCH3 is 2. The number of nitrogens with zero attached hydrogens (tertiary/aromatic N) is 4. The van der Waals surface area contributed by atoms with Crippen molar-refractivity contribution in [2.75, 3.05) is 40.5 Å². The summed E-state index contributed by atoms with van der Waals surface area (Å²) in [5.74, 6) is 0.0358. The lowest BCUT2D eigenvalue weighted by atomic mass is 10.1. The zero-order valence-corrected chi connectivity index (χ0v) is 19.5. The molecule has 3 aromatic rings. The lowest BCUT2D eigenvalue weighted by Gasteiger charge is -2.21. The van der Waals surface area contributed by atoms with Crippen molar-refractivity contribution in [3.8, 4) is 6.07 Å². The van der Waals surface area contributed by atoms with E-state index in [1.165, 1.54) is 42.8 Å². The summed E-state index contributed by atoms with van der Waals surface area (Å²) in [4.78, 5) is 4.53. The molecule has 1 N–H and O–H groups in total. The molecule has 174 valence electrons. The Bertz CT molecular complexity index is 1280. The number of aryl methyl sites for hydroxylation is 1. The molecule has 0 spiro atoms. The number of nitriles is 1. The minimum absolute atomic E-state index is 0.00822. The van der Waals surface area contributed by atoms with Gasteiger partial charge in [-0.1, -0.05) is 12.1 Å². The van der Waals surface area contributed by atoms with Crippen LogP contribution in [0.25, 0.3) is 22.4 Å². The van der Waals surface area contributed by atoms with Crippen LogP contribution in [0.5, 0.6) is 0 Å². The molecule has 3 rings (SSSR count). The summed E-state index contributed by atoms with van der Waals surface area (Å²) in [5, 5.41) is 20.6. The van der Waals surface area contributed by atoms with Crippen molar-refractivity contribution in [3.05, 3.63) is 59.9 Å². The van der Waals surface area contributed by atoms with Crippen LogP contribution in [0.3, 0.4) is 0 Å². The van der Waals surface area contributed by atoms with Crippen LogP contribution in [0, 0.1) is 11.3 Å². The predicted octanol–water partition coefficient (Wildman–Crippen LogP) is 2.81. The molecule has 0 saturated heterocycles. The van der Waals surface area contributed by atoms with Crippen molar-refractivity contribution < 1.29 is 23.0 Å². The van der Waals surface area contributed by atoms with Crippen LogP contribution in [0.4, 0.5) is 0 Å². The molecular weight excluding hydrogens is 444 g/mol. The Morgan fingerprint density at radius 3 is 2.24 bits per heavy atom. The van der Waals surface area contributed by atoms with E-state index in [1.807, 2.05) is 30.3 Å². The first-order valence-corrected chi connectivity index (χ1v) is 11.6. The molecule has 0 atom stereocenters. The van der Waals surface area contributed by atoms with Crippen molar-refractivity contribution in [2.24, 2.45) is 7.05 Å². The maximum Gasteiger partial charge on any atom is 0.243 e. The Morgan fingerprint density at radius 1 is 1.09 bits per heavy atom. The molecular formula is C23H26N4O5S. The molecule has 33 heavy (non-hydrogen) atoms. The Kier molecular flexibility index (Phi) is 7.84. The van der Waals surface area contributed by atoms with E-state index in [1.54, 1.807) is 11.6 Å². The lowest BCUT2D eigenvalue weighted by Crippen LogP contribution is -2.36. The normalized spacial score (nSPS) is 12.7. The summed E-state index contributed by atoms with van der Waals surface area (Å²) in [6.07, 6.45) is 0. The van der Waals surface area contributed by atoms with Gasteiger partial charge in [-0.05, 0) is 36.4 Å². The van der Waals surface area contributed by atoms with Gasteiger partial charge in [0.05, 0.1) is 29.1 Å². The Labute approximate surface area is 193 Å². The first-order chi connectivity index (χ1) is 15.8. The van der Waals surface area contributed by atoms with Gasteiger partial charge in [0.25, 0.3) is 0 Å². The third-order valence-corrected chi connectivity index (χ3v) is 7.13. The average molecular weight is 471 g/mol. The molecule has 0 amide bonds. The summed E-state index contributed by atoms with van der Waals surface area (Å²) < 4.78 is 39.2. The summed E-state index contributed by atoms with van der Waals surface area (Å²) in [5.41, 5.74) is 1.81. The highest BCUT2D eigenvalue weighted by molar-refractivity contribution is 7.89. The first kappa shape index (κ1) is 24.4. The van der Waals surface area contributed by atoms with Gasteiger partial charge in [0.1, 0.15) is 17.4 Å². The van der Waals surface area contributed by atoms with E-state index in [0.29, 0.717) is 16.9 Å². The van der Waals surface area contributed by atoms with Gasteiger partial charge in [-0.2, -0.15) is 9.57 Å². The number of benzene rings is 2. The lowest BCUT2D eigenvalue weighted by molar-refractivity contribution is 0.150. The van der Waals surface area contributed by atoms with Gasteiger partial charge < -0.3 is 19.1 Å². The molecule has 9 nitrogen and oxygen atoms in total. The van der Waals surface area contributed by atoms with E-state index in [4.69, 9.17) is 9.47 Å². The van der Waals surface area contributed by atoms with Crippen LogP contribution in [0.15, 0.2) is 53.4 Å². The van der Waals surface area contributed by atoms with Crippen LogP contribution < -0.4 is 0 Å². The average Bonchev–Trinajstić information content (AvgIpc) is 3.16. The number of hydrogen-bond donors (Lipinski definition) is 1. The summed E-state index contributed by atoms with van der Waals surface area (Å²) >= 11 is 0. The zero-order valence-electron chi connectivity index (χ0n) is 18.7. The van der Waals surface area contributed by atoms with Gasteiger partial charge in [0, 0.05) is 39.9 Å². The number of rotatable bonds is 10. The smallest absolute Gasteiger partial charge is 0.243 e. The summed E-state index contributed by atoms with van der Waals surface area (Å²) in [6.45, 7) is 0.850. The molecule has 1 heterocycles. The maximum atomic E-state index is 13.1. The maximum absolute atomic E-state index is 13.1. The second-order valence-corrected chi connectivity index (χ2v) is 9.17. The molecule has 0 aliphatic heterocycles. The summed E-state index contributed by atoms with van der Waals surface area (Å²) in [7, 11) is 0.972. The minimum Gasteiger partial charge on any atom is -0.506 e. The van der Waals surface area contributed by atoms with Crippen molar-refractivity contribution >= 4 is 32.4 Å². The SMILES string of the molecule is COCCN(CCOC)S(=O)(=O)c1ccc(/C(O)=C(\C#N)c2nc3ccccc3n2C)cc1. The van der Waals surface area contributed by atoms with Gasteiger partial charge in [-0.25, -0.2) is 13.4 Å². The highest BCUT2D eigenvalue weighted by Gasteiger charge is 2.24. The van der Waals surface area contributed by atoms with Gasteiger partial charge in [0.2, 0.25) is 10.0 Å². The third kappa shape index (κ3) is 5.07. The third-order valence-electron chi connectivity index (χ3n) is 5.21. The van der Waals surface area contributed by atoms with E-state index in [-0.39, 0.29) is 42.5 Å². The number of allylic oxidation sites excluding steroid dienone is 1. The van der Waals surface area contributed by atoms with Gasteiger partial charge in [0.15, 0.2) is 5.82 Å². The fourth-order valence-electron chi connectivity index (χ4n) is 3.39. The van der Waals surface area contributed by atoms with Crippen LogP contribution in [-0.4, -0.2) is 67.9 Å². The molecule has 1 aromatic heterocycles. The molecule has 0 saturated carbocycles. The fourth-order valence-corrected chi connectivity index (χ4v) is 4.80. The number of sulfonamides is 1. The van der Waals surface area contributed by atoms with E-state index in [9.17, 15) is 18.8 Å². The molecule has 10 heteroatoms. The number of hydrogen-bond acceptors (Lipinski definition) is 7. The van der Waals surface area contributed by atoms with E-state index in [2.05, 4.69) is 4.98 Å². The fraction of sp³-hybridized carbons (Fsp3) is 0.304. The standard InChI is InChI=1S/C23H26N4O5S/c1-26-21-7-5-4-6-20(21)25-23(26)19(16-24)22(28)17-8-10-18(11-9-17)33(29,30)27(12-14-31-2)13-15-32-3/h4-11,28H,12-15H2,1-3H3/b22-19-. The molecule has 2 aromatic carbocycles. The molecule has 0 unspecified atom stereocenters. The Balaban J connectivity index is 1.96. The molecule has 0 radical (unpaired) electrons. The molecule has 0 bridgehead atoms. The molecule has 0 fully saturated rings.